The van der Waals surface area contributed by atoms with Crippen LogP contribution in [0.4, 0.5) is 0 Å². The zero-order valence-corrected chi connectivity index (χ0v) is 19.4. The summed E-state index contributed by atoms with van der Waals surface area (Å²) in [6.07, 6.45) is 1.80. The van der Waals surface area contributed by atoms with Crippen LogP contribution in [0.3, 0.4) is 0 Å². The van der Waals surface area contributed by atoms with Crippen molar-refractivity contribution in [2.45, 2.75) is 19.5 Å². The molecule has 2 aromatic heterocycles. The van der Waals surface area contributed by atoms with E-state index in [1.54, 1.807) is 44.2 Å². The summed E-state index contributed by atoms with van der Waals surface area (Å²) < 4.78 is 23.1. The number of amides is 1. The average Bonchev–Trinajstić information content (AvgIpc) is 3.53. The van der Waals surface area contributed by atoms with E-state index in [-0.39, 0.29) is 18.5 Å². The topological polar surface area (TPSA) is 101 Å². The van der Waals surface area contributed by atoms with E-state index in [2.05, 4.69) is 15.5 Å². The minimum atomic E-state index is -0.179. The zero-order valence-electron chi connectivity index (χ0n) is 19.4. The molecule has 176 valence electrons. The van der Waals surface area contributed by atoms with Crippen LogP contribution < -0.4 is 19.5 Å². The van der Waals surface area contributed by atoms with Crippen LogP contribution in [0.25, 0.3) is 23.0 Å². The molecule has 1 unspecified atom stereocenters. The Morgan fingerprint density at radius 1 is 1.03 bits per heavy atom. The van der Waals surface area contributed by atoms with Gasteiger partial charge in [0, 0.05) is 11.8 Å². The van der Waals surface area contributed by atoms with Crippen molar-refractivity contribution < 1.29 is 23.5 Å². The van der Waals surface area contributed by atoms with E-state index >= 15 is 0 Å². The molecule has 9 heteroatoms. The Balaban J connectivity index is 1.48. The summed E-state index contributed by atoms with van der Waals surface area (Å²) in [5.41, 5.74) is 2.32. The number of nitrogens with one attached hydrogen (secondary N) is 1. The summed E-state index contributed by atoms with van der Waals surface area (Å²) in [7, 11) is 4.76. The van der Waals surface area contributed by atoms with Crippen molar-refractivity contribution in [1.82, 2.24) is 20.0 Å². The van der Waals surface area contributed by atoms with Crippen molar-refractivity contribution in [3.05, 3.63) is 66.4 Å². The number of rotatable bonds is 9. The van der Waals surface area contributed by atoms with Gasteiger partial charge in [-0.1, -0.05) is 17.3 Å². The number of nitrogens with zero attached hydrogens (tertiary/aromatic N) is 3. The number of aromatic nitrogens is 3. The number of methoxy groups -OCH3 is 3. The lowest BCUT2D eigenvalue weighted by Gasteiger charge is -2.16. The van der Waals surface area contributed by atoms with Crippen LogP contribution in [-0.2, 0) is 11.3 Å². The van der Waals surface area contributed by atoms with Gasteiger partial charge >= 0.3 is 0 Å². The Hall–Kier alpha value is -4.27. The third kappa shape index (κ3) is 4.88. The molecule has 4 aromatic rings. The van der Waals surface area contributed by atoms with Crippen LogP contribution in [0.5, 0.6) is 17.2 Å². The van der Waals surface area contributed by atoms with Crippen LogP contribution in [0.1, 0.15) is 18.5 Å². The lowest BCUT2D eigenvalue weighted by Crippen LogP contribution is -2.30. The molecule has 0 aliphatic heterocycles. The van der Waals surface area contributed by atoms with Crippen LogP contribution in [0, 0.1) is 0 Å². The first-order valence-electron chi connectivity index (χ1n) is 10.7. The second-order valence-corrected chi connectivity index (χ2v) is 7.58. The van der Waals surface area contributed by atoms with E-state index in [9.17, 15) is 4.79 Å². The molecule has 0 saturated carbocycles. The van der Waals surface area contributed by atoms with Gasteiger partial charge in [-0.25, -0.2) is 0 Å². The first-order valence-corrected chi connectivity index (χ1v) is 10.7. The molecule has 2 heterocycles. The van der Waals surface area contributed by atoms with Gasteiger partial charge in [-0.3, -0.25) is 4.79 Å². The predicted octanol–water partition coefficient (Wildman–Crippen LogP) is 4.11. The van der Waals surface area contributed by atoms with Crippen molar-refractivity contribution in [2.24, 2.45) is 0 Å². The highest BCUT2D eigenvalue weighted by Gasteiger charge is 2.18. The van der Waals surface area contributed by atoms with Crippen molar-refractivity contribution in [3.63, 3.8) is 0 Å². The summed E-state index contributed by atoms with van der Waals surface area (Å²) in [6.45, 7) is 2.03. The fourth-order valence-corrected chi connectivity index (χ4v) is 3.60. The fourth-order valence-electron chi connectivity index (χ4n) is 3.60. The number of carbonyl (C=O) groups is 1. The Bertz CT molecular complexity index is 1280. The second kappa shape index (κ2) is 10.1. The Labute approximate surface area is 197 Å². The molecule has 1 amide bonds. The predicted molar refractivity (Wildman–Crippen MR) is 126 cm³/mol. The summed E-state index contributed by atoms with van der Waals surface area (Å²) in [5, 5.41) is 7.10. The lowest BCUT2D eigenvalue weighted by molar-refractivity contribution is -0.122. The first-order chi connectivity index (χ1) is 16.5. The maximum Gasteiger partial charge on any atom is 0.274 e. The van der Waals surface area contributed by atoms with E-state index in [0.717, 1.165) is 16.9 Å². The molecule has 34 heavy (non-hydrogen) atoms. The van der Waals surface area contributed by atoms with E-state index in [4.69, 9.17) is 18.7 Å². The third-order valence-electron chi connectivity index (χ3n) is 5.40. The van der Waals surface area contributed by atoms with Gasteiger partial charge in [-0.05, 0) is 55.0 Å². The van der Waals surface area contributed by atoms with E-state index in [0.29, 0.717) is 28.9 Å². The fraction of sp³-hybridized carbons (Fsp3) is 0.240. The molecule has 0 aliphatic carbocycles. The van der Waals surface area contributed by atoms with Gasteiger partial charge in [0.2, 0.25) is 11.7 Å². The van der Waals surface area contributed by atoms with Gasteiger partial charge in [0.25, 0.3) is 5.89 Å². The molecule has 0 radical (unpaired) electrons. The lowest BCUT2D eigenvalue weighted by atomic mass is 10.1. The third-order valence-corrected chi connectivity index (χ3v) is 5.40. The van der Waals surface area contributed by atoms with Gasteiger partial charge in [0.15, 0.2) is 11.5 Å². The Morgan fingerprint density at radius 3 is 2.62 bits per heavy atom. The van der Waals surface area contributed by atoms with Crippen LogP contribution >= 0.6 is 0 Å². The van der Waals surface area contributed by atoms with Crippen LogP contribution in [0.2, 0.25) is 0 Å². The maximum absolute atomic E-state index is 12.7. The molecule has 1 N–H and O–H groups in total. The van der Waals surface area contributed by atoms with E-state index in [1.165, 1.54) is 0 Å². The second-order valence-electron chi connectivity index (χ2n) is 7.58. The van der Waals surface area contributed by atoms with Gasteiger partial charge in [-0.2, -0.15) is 4.98 Å². The minimum Gasteiger partial charge on any atom is -0.497 e. The number of hydrogen-bond donors (Lipinski definition) is 1. The SMILES string of the molecule is COc1cccc(C(C)NC(=O)Cn2cccc2-c2nc(-c3ccc(OC)c(OC)c3)no2)c1. The number of carbonyl (C=O) groups excluding carboxylic acids is 1. The van der Waals surface area contributed by atoms with Gasteiger partial charge in [0.05, 0.1) is 27.4 Å². The van der Waals surface area contributed by atoms with E-state index < -0.39 is 0 Å². The molecule has 9 nitrogen and oxygen atoms in total. The molecule has 4 rings (SSSR count). The Kier molecular flexibility index (Phi) is 6.82. The highest BCUT2D eigenvalue weighted by molar-refractivity contribution is 5.77. The highest BCUT2D eigenvalue weighted by atomic mass is 16.5. The van der Waals surface area contributed by atoms with Gasteiger partial charge in [-0.15, -0.1) is 0 Å². The smallest absolute Gasteiger partial charge is 0.274 e. The summed E-state index contributed by atoms with van der Waals surface area (Å²) in [5.74, 6) is 2.48. The molecule has 2 aromatic carbocycles. The molecule has 0 spiro atoms. The van der Waals surface area contributed by atoms with Gasteiger partial charge in [0.1, 0.15) is 18.0 Å². The summed E-state index contributed by atoms with van der Waals surface area (Å²) >= 11 is 0. The molecular weight excluding hydrogens is 436 g/mol. The van der Waals surface area contributed by atoms with Gasteiger partial charge < -0.3 is 28.6 Å². The molecule has 1 atom stereocenters. The zero-order chi connectivity index (χ0) is 24.1. The Morgan fingerprint density at radius 2 is 1.85 bits per heavy atom. The quantitative estimate of drug-likeness (QED) is 0.399. The summed E-state index contributed by atoms with van der Waals surface area (Å²) in [6, 6.07) is 16.5. The normalized spacial score (nSPS) is 11.6. The average molecular weight is 463 g/mol. The first kappa shape index (κ1) is 22.9. The van der Waals surface area contributed by atoms with Crippen molar-refractivity contribution in [3.8, 4) is 40.2 Å². The monoisotopic (exact) mass is 462 g/mol. The highest BCUT2D eigenvalue weighted by Crippen LogP contribution is 2.32. The van der Waals surface area contributed by atoms with Crippen molar-refractivity contribution in [2.75, 3.05) is 21.3 Å². The van der Waals surface area contributed by atoms with Crippen molar-refractivity contribution >= 4 is 5.91 Å². The number of benzene rings is 2. The van der Waals surface area contributed by atoms with Crippen LogP contribution in [0.15, 0.2) is 65.3 Å². The standard InChI is InChI=1S/C25H26N4O5/c1-16(17-7-5-8-19(13-17)31-2)26-23(30)15-29-12-6-9-20(29)25-27-24(28-34-25)18-10-11-21(32-3)22(14-18)33-4/h5-14,16H,15H2,1-4H3,(H,26,30). The minimum absolute atomic E-state index is 0.102. The van der Waals surface area contributed by atoms with Crippen molar-refractivity contribution in [1.29, 1.82) is 0 Å². The van der Waals surface area contributed by atoms with E-state index in [1.807, 2.05) is 49.4 Å². The molecule has 0 saturated heterocycles. The summed E-state index contributed by atoms with van der Waals surface area (Å²) in [4.78, 5) is 17.2. The van der Waals surface area contributed by atoms with Crippen LogP contribution in [-0.4, -0.2) is 41.9 Å². The molecular formula is C25H26N4O5. The molecule has 0 fully saturated rings. The molecule has 0 aliphatic rings. The molecule has 0 bridgehead atoms. The maximum atomic E-state index is 12.7. The largest absolute Gasteiger partial charge is 0.497 e. The number of ether oxygens (including phenoxy) is 3. The number of hydrogen-bond acceptors (Lipinski definition) is 7.